The number of thiophene rings is 1. The van der Waals surface area contributed by atoms with E-state index in [-0.39, 0.29) is 16.8 Å². The molecule has 2 heterocycles. The van der Waals surface area contributed by atoms with Crippen LogP contribution in [0.3, 0.4) is 0 Å². The summed E-state index contributed by atoms with van der Waals surface area (Å²) in [4.78, 5) is 24.9. The van der Waals surface area contributed by atoms with Crippen LogP contribution < -0.4 is 0 Å². The Morgan fingerprint density at radius 3 is 2.39 bits per heavy atom. The van der Waals surface area contributed by atoms with E-state index in [9.17, 15) is 27.2 Å². The number of carboxylic acid groups (broad SMARTS) is 1. The van der Waals surface area contributed by atoms with E-state index < -0.39 is 35.0 Å². The molecule has 0 aliphatic carbocycles. The predicted molar refractivity (Wildman–Crippen MR) is 106 cm³/mol. The first-order valence-electron chi connectivity index (χ1n) is 8.81. The van der Waals surface area contributed by atoms with Crippen molar-refractivity contribution < 1.29 is 32.3 Å². The molecule has 0 radical (unpaired) electrons. The molecule has 2 aromatic carbocycles. The topological polar surface area (TPSA) is 72.2 Å². The summed E-state index contributed by atoms with van der Waals surface area (Å²) in [6, 6.07) is 9.56. The van der Waals surface area contributed by atoms with Crippen LogP contribution in [0.4, 0.5) is 17.6 Å². The molecule has 0 saturated heterocycles. The van der Waals surface area contributed by atoms with Crippen LogP contribution in [-0.4, -0.2) is 26.8 Å². The van der Waals surface area contributed by atoms with Crippen molar-refractivity contribution in [1.82, 2.24) is 9.78 Å². The Balaban J connectivity index is 1.91. The number of aryl methyl sites for hydroxylation is 1. The Bertz CT molecular complexity index is 1340. The average molecular weight is 448 g/mol. The van der Waals surface area contributed by atoms with Gasteiger partial charge in [0.15, 0.2) is 0 Å². The highest BCUT2D eigenvalue weighted by Crippen LogP contribution is 2.37. The van der Waals surface area contributed by atoms with Gasteiger partial charge in [-0.3, -0.25) is 4.79 Å². The monoisotopic (exact) mass is 448 g/mol. The summed E-state index contributed by atoms with van der Waals surface area (Å²) < 4.78 is 55.8. The highest BCUT2D eigenvalue weighted by atomic mass is 32.1. The molecular formula is C21H12F4N2O3S. The Labute approximate surface area is 176 Å². The van der Waals surface area contributed by atoms with Crippen molar-refractivity contribution in [2.45, 2.75) is 13.1 Å². The number of halogens is 4. The van der Waals surface area contributed by atoms with Crippen molar-refractivity contribution in [3.8, 4) is 11.3 Å². The molecule has 158 valence electrons. The maximum atomic E-state index is 14.4. The van der Waals surface area contributed by atoms with E-state index in [0.29, 0.717) is 16.3 Å². The van der Waals surface area contributed by atoms with Gasteiger partial charge in [-0.05, 0) is 37.3 Å². The molecule has 2 aromatic heterocycles. The number of rotatable bonds is 3. The maximum absolute atomic E-state index is 14.4. The number of carbonyl (C=O) groups excluding carboxylic acids is 1. The first-order valence-corrected chi connectivity index (χ1v) is 9.63. The van der Waals surface area contributed by atoms with Gasteiger partial charge >= 0.3 is 12.1 Å². The number of carboxylic acids is 1. The normalized spacial score (nSPS) is 11.8. The van der Waals surface area contributed by atoms with E-state index in [4.69, 9.17) is 5.11 Å². The van der Waals surface area contributed by atoms with E-state index >= 15 is 0 Å². The van der Waals surface area contributed by atoms with Crippen LogP contribution in [0.25, 0.3) is 21.5 Å². The van der Waals surface area contributed by atoms with Crippen LogP contribution in [0.15, 0.2) is 48.5 Å². The molecule has 5 nitrogen and oxygen atoms in total. The van der Waals surface area contributed by atoms with Crippen LogP contribution >= 0.6 is 11.3 Å². The number of alkyl halides is 3. The fourth-order valence-corrected chi connectivity index (χ4v) is 4.22. The molecule has 0 aliphatic heterocycles. The number of hydrogen-bond acceptors (Lipinski definition) is 4. The summed E-state index contributed by atoms with van der Waals surface area (Å²) in [5.41, 5.74) is -1.48. The summed E-state index contributed by atoms with van der Waals surface area (Å²) in [5.74, 6) is -3.67. The number of fused-ring (bicyclic) bond motifs is 1. The zero-order valence-electron chi connectivity index (χ0n) is 15.7. The zero-order chi connectivity index (χ0) is 22.5. The van der Waals surface area contributed by atoms with Crippen LogP contribution in [0, 0.1) is 12.7 Å². The molecule has 10 heteroatoms. The quantitative estimate of drug-likeness (QED) is 0.413. The second-order valence-corrected chi connectivity index (χ2v) is 7.94. The van der Waals surface area contributed by atoms with Gasteiger partial charge in [0.2, 0.25) is 0 Å². The van der Waals surface area contributed by atoms with Crippen LogP contribution in [0.1, 0.15) is 31.2 Å². The van der Waals surface area contributed by atoms with E-state index in [1.54, 1.807) is 13.0 Å². The van der Waals surface area contributed by atoms with Crippen molar-refractivity contribution in [3.05, 3.63) is 75.9 Å². The molecule has 0 saturated carbocycles. The smallest absolute Gasteiger partial charge is 0.417 e. The first kappa shape index (κ1) is 20.7. The highest BCUT2D eigenvalue weighted by molar-refractivity contribution is 7.19. The molecule has 4 aromatic rings. The highest BCUT2D eigenvalue weighted by Gasteiger charge is 2.38. The van der Waals surface area contributed by atoms with Crippen molar-refractivity contribution in [3.63, 3.8) is 0 Å². The minimum atomic E-state index is -4.93. The Kier molecular flexibility index (Phi) is 4.89. The maximum Gasteiger partial charge on any atom is 0.417 e. The molecule has 31 heavy (non-hydrogen) atoms. The Hall–Kier alpha value is -3.53. The number of carbonyl (C=O) groups is 2. The predicted octanol–water partition coefficient (Wildman–Crippen LogP) is 5.62. The molecule has 0 aliphatic rings. The van der Waals surface area contributed by atoms with Crippen molar-refractivity contribution in [2.75, 3.05) is 0 Å². The number of nitrogens with zero attached hydrogens (tertiary/aromatic N) is 2. The van der Waals surface area contributed by atoms with Gasteiger partial charge in [-0.1, -0.05) is 18.2 Å². The molecular weight excluding hydrogens is 436 g/mol. The molecule has 0 bridgehead atoms. The lowest BCUT2D eigenvalue weighted by Crippen LogP contribution is -2.21. The minimum absolute atomic E-state index is 0.0408. The number of aromatic carboxylic acids is 1. The summed E-state index contributed by atoms with van der Waals surface area (Å²) in [7, 11) is 0. The molecule has 1 N–H and O–H groups in total. The SMILES string of the molecule is Cc1cc2c(s1)c(-c1ccc(C(=O)O)cc1)nn2C(=O)c1c(F)cccc1C(F)(F)F. The summed E-state index contributed by atoms with van der Waals surface area (Å²) in [5, 5.41) is 13.2. The Morgan fingerprint density at radius 2 is 1.77 bits per heavy atom. The van der Waals surface area contributed by atoms with Gasteiger partial charge in [-0.15, -0.1) is 11.3 Å². The van der Waals surface area contributed by atoms with Crippen LogP contribution in [0.2, 0.25) is 0 Å². The lowest BCUT2D eigenvalue weighted by Gasteiger charge is -2.12. The number of hydrogen-bond donors (Lipinski definition) is 1. The number of benzene rings is 2. The van der Waals surface area contributed by atoms with Crippen molar-refractivity contribution in [1.29, 1.82) is 0 Å². The van der Waals surface area contributed by atoms with Gasteiger partial charge in [-0.25, -0.2) is 9.18 Å². The third-order valence-electron chi connectivity index (χ3n) is 4.61. The van der Waals surface area contributed by atoms with E-state index in [1.165, 1.54) is 35.6 Å². The van der Waals surface area contributed by atoms with Crippen molar-refractivity contribution in [2.24, 2.45) is 0 Å². The van der Waals surface area contributed by atoms with Crippen molar-refractivity contribution >= 4 is 33.4 Å². The van der Waals surface area contributed by atoms with E-state index in [1.807, 2.05) is 0 Å². The average Bonchev–Trinajstić information content (AvgIpc) is 3.24. The second-order valence-electron chi connectivity index (χ2n) is 6.68. The molecule has 0 amide bonds. The first-order chi connectivity index (χ1) is 14.6. The molecule has 0 spiro atoms. The molecule has 4 rings (SSSR count). The lowest BCUT2D eigenvalue weighted by molar-refractivity contribution is -0.138. The molecule has 0 atom stereocenters. The Morgan fingerprint density at radius 1 is 1.10 bits per heavy atom. The molecule has 0 unspecified atom stereocenters. The fraction of sp³-hybridized carbons (Fsp3) is 0.0952. The third-order valence-corrected chi connectivity index (χ3v) is 5.66. The third kappa shape index (κ3) is 3.59. The van der Waals surface area contributed by atoms with Gasteiger partial charge in [0.05, 0.1) is 26.9 Å². The lowest BCUT2D eigenvalue weighted by atomic mass is 10.1. The summed E-state index contributed by atoms with van der Waals surface area (Å²) in [6.45, 7) is 1.75. The van der Waals surface area contributed by atoms with Gasteiger partial charge in [0, 0.05) is 10.4 Å². The fourth-order valence-electron chi connectivity index (χ4n) is 3.23. The number of aromatic nitrogens is 2. The minimum Gasteiger partial charge on any atom is -0.478 e. The summed E-state index contributed by atoms with van der Waals surface area (Å²) >= 11 is 1.26. The molecule has 0 fully saturated rings. The van der Waals surface area contributed by atoms with Gasteiger partial charge in [0.25, 0.3) is 5.91 Å². The second kappa shape index (κ2) is 7.31. The van der Waals surface area contributed by atoms with Crippen LogP contribution in [0.5, 0.6) is 0 Å². The van der Waals surface area contributed by atoms with E-state index in [0.717, 1.165) is 21.7 Å². The van der Waals surface area contributed by atoms with Gasteiger partial charge in [0.1, 0.15) is 11.5 Å². The standard InChI is InChI=1S/C21H12F4N2O3S/c1-10-9-15-18(31-10)17(11-5-7-12(8-6-11)20(29)30)26-27(15)19(28)16-13(21(23,24)25)3-2-4-14(16)22/h2-9H,1H3,(H,29,30). The summed E-state index contributed by atoms with van der Waals surface area (Å²) in [6.07, 6.45) is -4.93. The zero-order valence-corrected chi connectivity index (χ0v) is 16.5. The van der Waals surface area contributed by atoms with Crippen LogP contribution in [-0.2, 0) is 6.18 Å². The largest absolute Gasteiger partial charge is 0.478 e. The van der Waals surface area contributed by atoms with Gasteiger partial charge < -0.3 is 5.11 Å². The van der Waals surface area contributed by atoms with E-state index in [2.05, 4.69) is 5.10 Å². The van der Waals surface area contributed by atoms with Gasteiger partial charge in [-0.2, -0.15) is 23.0 Å².